The Balaban J connectivity index is 2.42. The van der Waals surface area contributed by atoms with Crippen LogP contribution in [0.25, 0.3) is 0 Å². The van der Waals surface area contributed by atoms with Crippen LogP contribution in [0.4, 0.5) is 0 Å². The van der Waals surface area contributed by atoms with Crippen molar-refractivity contribution in [2.45, 2.75) is 51.1 Å². The molecule has 0 bridgehead atoms. The van der Waals surface area contributed by atoms with E-state index in [0.29, 0.717) is 6.04 Å². The maximum atomic E-state index is 5.36. The highest BCUT2D eigenvalue weighted by atomic mass is 16.5. The van der Waals surface area contributed by atoms with Crippen LogP contribution in [0.1, 0.15) is 49.8 Å². The summed E-state index contributed by atoms with van der Waals surface area (Å²) in [5.41, 5.74) is 2.96. The van der Waals surface area contributed by atoms with Crippen molar-refractivity contribution in [3.05, 3.63) is 29.3 Å². The van der Waals surface area contributed by atoms with Crippen LogP contribution in [-0.2, 0) is 0 Å². The zero-order valence-corrected chi connectivity index (χ0v) is 14.2. The summed E-state index contributed by atoms with van der Waals surface area (Å²) in [6, 6.07) is 6.86. The van der Waals surface area contributed by atoms with Gasteiger partial charge in [0.05, 0.1) is 13.2 Å². The quantitative estimate of drug-likeness (QED) is 0.867. The topological polar surface area (TPSA) is 24.5 Å². The van der Waals surface area contributed by atoms with Crippen LogP contribution in [0.3, 0.4) is 0 Å². The first-order valence-electron chi connectivity index (χ1n) is 8.10. The van der Waals surface area contributed by atoms with Crippen LogP contribution in [0.2, 0.25) is 0 Å². The maximum absolute atomic E-state index is 5.36. The molecule has 1 aromatic carbocycles. The molecular formula is C18H30N2O. The average molecular weight is 290 g/mol. The molecule has 1 aliphatic carbocycles. The zero-order chi connectivity index (χ0) is 15.5. The number of likely N-dealkylation sites (N-methyl/N-ethyl adjacent to an activating group) is 2. The van der Waals surface area contributed by atoms with Gasteiger partial charge < -0.3 is 15.0 Å². The van der Waals surface area contributed by atoms with Crippen molar-refractivity contribution >= 4 is 0 Å². The third-order valence-electron chi connectivity index (χ3n) is 5.09. The van der Waals surface area contributed by atoms with E-state index in [1.165, 1.54) is 36.8 Å². The lowest BCUT2D eigenvalue weighted by Crippen LogP contribution is -2.52. The number of nitrogens with zero attached hydrogens (tertiary/aromatic N) is 1. The second kappa shape index (κ2) is 6.80. The molecule has 0 amide bonds. The predicted molar refractivity (Wildman–Crippen MR) is 89.0 cm³/mol. The third kappa shape index (κ3) is 3.09. The van der Waals surface area contributed by atoms with Crippen LogP contribution in [0, 0.1) is 6.92 Å². The summed E-state index contributed by atoms with van der Waals surface area (Å²) in [6.45, 7) is 5.39. The number of hydrogen-bond donors (Lipinski definition) is 1. The van der Waals surface area contributed by atoms with Crippen LogP contribution < -0.4 is 10.1 Å². The lowest BCUT2D eigenvalue weighted by atomic mass is 9.81. The minimum absolute atomic E-state index is 0.232. The van der Waals surface area contributed by atoms with E-state index < -0.39 is 0 Å². The van der Waals surface area contributed by atoms with Gasteiger partial charge in [-0.3, -0.25) is 0 Å². The van der Waals surface area contributed by atoms with Crippen molar-refractivity contribution in [3.63, 3.8) is 0 Å². The van der Waals surface area contributed by atoms with Gasteiger partial charge in [-0.25, -0.2) is 0 Å². The van der Waals surface area contributed by atoms with Crippen molar-refractivity contribution in [3.8, 4) is 5.75 Å². The summed E-state index contributed by atoms with van der Waals surface area (Å²) in [6.07, 6.45) is 5.19. The molecule has 1 N–H and O–H groups in total. The Morgan fingerprint density at radius 1 is 1.29 bits per heavy atom. The minimum atomic E-state index is 0.232. The molecule has 1 aromatic rings. The van der Waals surface area contributed by atoms with Gasteiger partial charge in [-0.2, -0.15) is 0 Å². The van der Waals surface area contributed by atoms with E-state index in [4.69, 9.17) is 4.74 Å². The van der Waals surface area contributed by atoms with Crippen LogP contribution in [0.15, 0.2) is 18.2 Å². The van der Waals surface area contributed by atoms with E-state index in [9.17, 15) is 0 Å². The van der Waals surface area contributed by atoms with Gasteiger partial charge in [-0.15, -0.1) is 0 Å². The van der Waals surface area contributed by atoms with Crippen molar-refractivity contribution in [1.82, 2.24) is 10.2 Å². The molecule has 0 spiro atoms. The fraction of sp³-hybridized carbons (Fsp3) is 0.667. The average Bonchev–Trinajstić information content (AvgIpc) is 2.96. The first-order valence-corrected chi connectivity index (χ1v) is 8.10. The van der Waals surface area contributed by atoms with Gasteiger partial charge in [-0.1, -0.05) is 25.8 Å². The molecule has 0 aromatic heterocycles. The Labute approximate surface area is 129 Å². The molecule has 0 aliphatic heterocycles. The van der Waals surface area contributed by atoms with Crippen LogP contribution >= 0.6 is 0 Å². The highest BCUT2D eigenvalue weighted by molar-refractivity contribution is 5.38. The van der Waals surface area contributed by atoms with Crippen LogP contribution in [-0.4, -0.2) is 38.2 Å². The van der Waals surface area contributed by atoms with Gasteiger partial charge >= 0.3 is 0 Å². The number of aryl methyl sites for hydroxylation is 1. The molecule has 0 saturated heterocycles. The number of nitrogens with one attached hydrogen (secondary N) is 1. The monoisotopic (exact) mass is 290 g/mol. The van der Waals surface area contributed by atoms with Gasteiger partial charge in [0.15, 0.2) is 0 Å². The molecule has 2 rings (SSSR count). The van der Waals surface area contributed by atoms with Crippen LogP contribution in [0.5, 0.6) is 5.75 Å². The molecule has 1 aliphatic rings. The van der Waals surface area contributed by atoms with E-state index in [2.05, 4.69) is 56.4 Å². The van der Waals surface area contributed by atoms with E-state index >= 15 is 0 Å². The van der Waals surface area contributed by atoms with Gasteiger partial charge in [0, 0.05) is 5.54 Å². The second-order valence-electron chi connectivity index (χ2n) is 6.42. The number of benzene rings is 1. The molecule has 1 atom stereocenters. The van der Waals surface area contributed by atoms with Crippen molar-refractivity contribution in [2.24, 2.45) is 0 Å². The normalized spacial score (nSPS) is 19.0. The number of methoxy groups -OCH3 is 1. The minimum Gasteiger partial charge on any atom is -0.497 e. The molecule has 1 unspecified atom stereocenters. The summed E-state index contributed by atoms with van der Waals surface area (Å²) < 4.78 is 5.36. The molecular weight excluding hydrogens is 260 g/mol. The number of rotatable bonds is 6. The number of ether oxygens (including phenoxy) is 1. The smallest absolute Gasteiger partial charge is 0.119 e. The molecule has 0 radical (unpaired) electrons. The molecule has 3 heteroatoms. The zero-order valence-electron chi connectivity index (χ0n) is 14.2. The fourth-order valence-corrected chi connectivity index (χ4v) is 3.87. The van der Waals surface area contributed by atoms with Gasteiger partial charge in [0.2, 0.25) is 0 Å². The van der Waals surface area contributed by atoms with E-state index in [0.717, 1.165) is 12.3 Å². The predicted octanol–water partition coefficient (Wildman–Crippen LogP) is 3.53. The lowest BCUT2D eigenvalue weighted by Gasteiger charge is -2.44. The summed E-state index contributed by atoms with van der Waals surface area (Å²) >= 11 is 0. The fourth-order valence-electron chi connectivity index (χ4n) is 3.87. The second-order valence-corrected chi connectivity index (χ2v) is 6.42. The van der Waals surface area contributed by atoms with Crippen molar-refractivity contribution < 1.29 is 4.74 Å². The molecule has 3 nitrogen and oxygen atoms in total. The third-order valence-corrected chi connectivity index (χ3v) is 5.09. The molecule has 1 fully saturated rings. The Morgan fingerprint density at radius 3 is 2.43 bits per heavy atom. The highest BCUT2D eigenvalue weighted by Crippen LogP contribution is 2.44. The SMILES string of the molecule is CCNC(c1ccc(OC)cc1C)C1(N(C)C)CCCC1. The number of hydrogen-bond acceptors (Lipinski definition) is 3. The summed E-state index contributed by atoms with van der Waals surface area (Å²) in [7, 11) is 6.19. The maximum Gasteiger partial charge on any atom is 0.119 e. The molecule has 118 valence electrons. The Kier molecular flexibility index (Phi) is 5.28. The Bertz CT molecular complexity index is 464. The van der Waals surface area contributed by atoms with Gasteiger partial charge in [0.1, 0.15) is 5.75 Å². The first kappa shape index (κ1) is 16.3. The molecule has 1 saturated carbocycles. The standard InChI is InChI=1S/C18H30N2O/c1-6-19-17(18(20(3)4)11-7-8-12-18)16-10-9-15(21-5)13-14(16)2/h9-10,13,17,19H,6-8,11-12H2,1-5H3. The molecule has 0 heterocycles. The van der Waals surface area contributed by atoms with Crippen molar-refractivity contribution in [1.29, 1.82) is 0 Å². The summed E-state index contributed by atoms with van der Waals surface area (Å²) in [5.74, 6) is 0.942. The lowest BCUT2D eigenvalue weighted by molar-refractivity contribution is 0.105. The van der Waals surface area contributed by atoms with E-state index in [1.54, 1.807) is 7.11 Å². The van der Waals surface area contributed by atoms with Crippen molar-refractivity contribution in [2.75, 3.05) is 27.7 Å². The van der Waals surface area contributed by atoms with Gasteiger partial charge in [0.25, 0.3) is 0 Å². The Morgan fingerprint density at radius 2 is 1.95 bits per heavy atom. The largest absolute Gasteiger partial charge is 0.497 e. The summed E-state index contributed by atoms with van der Waals surface area (Å²) in [5, 5.41) is 3.76. The first-order chi connectivity index (χ1) is 10.0. The highest BCUT2D eigenvalue weighted by Gasteiger charge is 2.43. The summed E-state index contributed by atoms with van der Waals surface area (Å²) in [4.78, 5) is 2.44. The Hall–Kier alpha value is -1.06. The van der Waals surface area contributed by atoms with E-state index in [1.807, 2.05) is 0 Å². The molecule has 21 heavy (non-hydrogen) atoms. The van der Waals surface area contributed by atoms with E-state index in [-0.39, 0.29) is 5.54 Å². The van der Waals surface area contributed by atoms with Gasteiger partial charge in [-0.05, 0) is 63.7 Å².